The van der Waals surface area contributed by atoms with E-state index in [0.29, 0.717) is 0 Å². The van der Waals surface area contributed by atoms with E-state index in [9.17, 15) is 8.78 Å². The van der Waals surface area contributed by atoms with Crippen LogP contribution in [-0.2, 0) is 0 Å². The van der Waals surface area contributed by atoms with Crippen molar-refractivity contribution in [3.8, 4) is 0 Å². The Hall–Kier alpha value is -0.140. The molecule has 1 unspecified atom stereocenters. The van der Waals surface area contributed by atoms with Crippen LogP contribution in [0.1, 0.15) is 27.7 Å². The predicted octanol–water partition coefficient (Wildman–Crippen LogP) is 2.93. The second kappa shape index (κ2) is 2.63. The van der Waals surface area contributed by atoms with E-state index in [0.717, 1.165) is 6.92 Å². The average Bonchev–Trinajstić information content (AvgIpc) is 1.62. The number of halogens is 2. The van der Waals surface area contributed by atoms with Gasteiger partial charge in [-0.15, -0.1) is 0 Å². The van der Waals surface area contributed by atoms with Crippen LogP contribution in [0.3, 0.4) is 0 Å². The molecule has 0 saturated carbocycles. The average molecular weight is 136 g/mol. The van der Waals surface area contributed by atoms with Gasteiger partial charge in [-0.3, -0.25) is 0 Å². The maximum absolute atomic E-state index is 12.4. The van der Waals surface area contributed by atoms with Gasteiger partial charge in [-0.1, -0.05) is 20.8 Å². The van der Waals surface area contributed by atoms with Crippen LogP contribution in [0.25, 0.3) is 0 Å². The molecule has 0 spiro atoms. The van der Waals surface area contributed by atoms with Gasteiger partial charge in [-0.2, -0.15) is 0 Å². The van der Waals surface area contributed by atoms with E-state index >= 15 is 0 Å². The SMILES string of the molecule is CC(C)C(C)C(C)(F)F. The molecule has 0 fully saturated rings. The fraction of sp³-hybridized carbons (Fsp3) is 1.00. The van der Waals surface area contributed by atoms with E-state index in [1.165, 1.54) is 0 Å². The zero-order valence-electron chi connectivity index (χ0n) is 6.41. The Labute approximate surface area is 55.3 Å². The number of hydrogen-bond donors (Lipinski definition) is 0. The van der Waals surface area contributed by atoms with Gasteiger partial charge in [0, 0.05) is 5.92 Å². The number of hydrogen-bond acceptors (Lipinski definition) is 0. The van der Waals surface area contributed by atoms with Gasteiger partial charge in [0.05, 0.1) is 0 Å². The minimum atomic E-state index is -2.52. The first kappa shape index (κ1) is 8.86. The van der Waals surface area contributed by atoms with Crippen molar-refractivity contribution in [3.63, 3.8) is 0 Å². The Bertz CT molecular complexity index is 81.4. The fourth-order valence-corrected chi connectivity index (χ4v) is 0.585. The Morgan fingerprint density at radius 1 is 1.11 bits per heavy atom. The fourth-order valence-electron chi connectivity index (χ4n) is 0.585. The maximum atomic E-state index is 12.4. The first-order valence-corrected chi connectivity index (χ1v) is 3.23. The lowest BCUT2D eigenvalue weighted by atomic mass is 9.93. The number of rotatable bonds is 2. The highest BCUT2D eigenvalue weighted by Crippen LogP contribution is 2.28. The van der Waals surface area contributed by atoms with Crippen LogP contribution in [0.15, 0.2) is 0 Å². The molecule has 0 aromatic heterocycles. The summed E-state index contributed by atoms with van der Waals surface area (Å²) in [5, 5.41) is 0. The topological polar surface area (TPSA) is 0 Å². The van der Waals surface area contributed by atoms with Gasteiger partial charge in [0.25, 0.3) is 0 Å². The summed E-state index contributed by atoms with van der Waals surface area (Å²) < 4.78 is 24.7. The van der Waals surface area contributed by atoms with Crippen molar-refractivity contribution in [1.82, 2.24) is 0 Å². The van der Waals surface area contributed by atoms with Crippen molar-refractivity contribution in [3.05, 3.63) is 0 Å². The molecule has 0 aliphatic carbocycles. The third-order valence-corrected chi connectivity index (χ3v) is 1.80. The van der Waals surface area contributed by atoms with Crippen LogP contribution < -0.4 is 0 Å². The lowest BCUT2D eigenvalue weighted by Crippen LogP contribution is -2.25. The van der Waals surface area contributed by atoms with E-state index in [4.69, 9.17) is 0 Å². The molecule has 0 nitrogen and oxygen atoms in total. The third kappa shape index (κ3) is 2.78. The molecule has 0 aliphatic heterocycles. The van der Waals surface area contributed by atoms with Gasteiger partial charge in [0.1, 0.15) is 0 Å². The molecule has 0 saturated heterocycles. The van der Waals surface area contributed by atoms with Gasteiger partial charge in [0.15, 0.2) is 0 Å². The summed E-state index contributed by atoms with van der Waals surface area (Å²) in [7, 11) is 0. The second-order valence-electron chi connectivity index (χ2n) is 2.99. The Morgan fingerprint density at radius 2 is 1.44 bits per heavy atom. The quantitative estimate of drug-likeness (QED) is 0.547. The van der Waals surface area contributed by atoms with E-state index in [1.54, 1.807) is 6.92 Å². The van der Waals surface area contributed by atoms with Crippen molar-refractivity contribution in [2.24, 2.45) is 11.8 Å². The molecule has 0 aliphatic rings. The van der Waals surface area contributed by atoms with Gasteiger partial charge in [0.2, 0.25) is 5.92 Å². The molecule has 0 radical (unpaired) electrons. The minimum Gasteiger partial charge on any atom is -0.207 e. The van der Waals surface area contributed by atoms with Gasteiger partial charge >= 0.3 is 0 Å². The van der Waals surface area contributed by atoms with Crippen molar-refractivity contribution in [1.29, 1.82) is 0 Å². The summed E-state index contributed by atoms with van der Waals surface area (Å²) in [6.07, 6.45) is 0. The zero-order valence-corrected chi connectivity index (χ0v) is 6.41. The van der Waals surface area contributed by atoms with Crippen LogP contribution in [0.2, 0.25) is 0 Å². The molecular weight excluding hydrogens is 122 g/mol. The normalized spacial score (nSPS) is 16.3. The summed E-state index contributed by atoms with van der Waals surface area (Å²) in [6.45, 7) is 6.16. The van der Waals surface area contributed by atoms with Gasteiger partial charge in [-0.05, 0) is 12.8 Å². The summed E-state index contributed by atoms with van der Waals surface area (Å²) >= 11 is 0. The van der Waals surface area contributed by atoms with Gasteiger partial charge < -0.3 is 0 Å². The maximum Gasteiger partial charge on any atom is 0.248 e. The monoisotopic (exact) mass is 136 g/mol. The van der Waals surface area contributed by atoms with Crippen LogP contribution in [0.4, 0.5) is 8.78 Å². The molecule has 9 heavy (non-hydrogen) atoms. The predicted molar refractivity (Wildman–Crippen MR) is 34.6 cm³/mol. The highest BCUT2D eigenvalue weighted by Gasteiger charge is 2.31. The smallest absolute Gasteiger partial charge is 0.207 e. The second-order valence-corrected chi connectivity index (χ2v) is 2.99. The molecule has 0 heterocycles. The Balaban J connectivity index is 3.88. The lowest BCUT2D eigenvalue weighted by Gasteiger charge is -2.22. The van der Waals surface area contributed by atoms with Crippen LogP contribution in [0, 0.1) is 11.8 Å². The molecule has 0 rings (SSSR count). The largest absolute Gasteiger partial charge is 0.248 e. The van der Waals surface area contributed by atoms with Crippen LogP contribution in [0.5, 0.6) is 0 Å². The van der Waals surface area contributed by atoms with Crippen molar-refractivity contribution < 1.29 is 8.78 Å². The van der Waals surface area contributed by atoms with E-state index in [-0.39, 0.29) is 5.92 Å². The zero-order chi connectivity index (χ0) is 7.65. The molecule has 56 valence electrons. The van der Waals surface area contributed by atoms with E-state index in [2.05, 4.69) is 0 Å². The van der Waals surface area contributed by atoms with Crippen LogP contribution >= 0.6 is 0 Å². The minimum absolute atomic E-state index is 0.0602. The van der Waals surface area contributed by atoms with Crippen LogP contribution in [-0.4, -0.2) is 5.92 Å². The number of alkyl halides is 2. The molecule has 0 N–H and O–H groups in total. The van der Waals surface area contributed by atoms with E-state index < -0.39 is 11.8 Å². The van der Waals surface area contributed by atoms with Crippen molar-refractivity contribution in [2.45, 2.75) is 33.6 Å². The third-order valence-electron chi connectivity index (χ3n) is 1.80. The highest BCUT2D eigenvalue weighted by molar-refractivity contribution is 4.70. The molecule has 0 bridgehead atoms. The van der Waals surface area contributed by atoms with Gasteiger partial charge in [-0.25, -0.2) is 8.78 Å². The molecule has 0 aromatic carbocycles. The molecule has 1 atom stereocenters. The molecular formula is C7H14F2. The molecule has 0 amide bonds. The molecule has 0 aromatic rings. The highest BCUT2D eigenvalue weighted by atomic mass is 19.3. The summed E-state index contributed by atoms with van der Waals surface area (Å²) in [5.41, 5.74) is 0. The summed E-state index contributed by atoms with van der Waals surface area (Å²) in [4.78, 5) is 0. The van der Waals surface area contributed by atoms with Crippen molar-refractivity contribution in [2.75, 3.05) is 0 Å². The van der Waals surface area contributed by atoms with E-state index in [1.807, 2.05) is 13.8 Å². The summed E-state index contributed by atoms with van der Waals surface area (Å²) in [5.74, 6) is -2.98. The first-order valence-electron chi connectivity index (χ1n) is 3.23. The Kier molecular flexibility index (Phi) is 2.59. The molecule has 2 heteroatoms. The summed E-state index contributed by atoms with van der Waals surface area (Å²) in [6, 6.07) is 0. The Morgan fingerprint density at radius 3 is 1.44 bits per heavy atom. The lowest BCUT2D eigenvalue weighted by molar-refractivity contribution is -0.0493. The van der Waals surface area contributed by atoms with Crippen molar-refractivity contribution >= 4 is 0 Å². The standard InChI is InChI=1S/C7H14F2/c1-5(2)6(3)7(4,8)9/h5-6H,1-4H3. The first-order chi connectivity index (χ1) is 3.85.